The third kappa shape index (κ3) is 3.41. The van der Waals surface area contributed by atoms with Crippen LogP contribution >= 0.6 is 0 Å². The molecule has 1 heterocycles. The zero-order chi connectivity index (χ0) is 15.4. The number of nitrogens with zero attached hydrogens (tertiary/aromatic N) is 1. The SMILES string of the molecule is COc1ccccc1C=CC(=O)N1C[C@H](O)C[C@H]1C(=O)O. The molecule has 2 N–H and O–H groups in total. The van der Waals surface area contributed by atoms with Gasteiger partial charge < -0.3 is 19.8 Å². The highest BCUT2D eigenvalue weighted by atomic mass is 16.5. The standard InChI is InChI=1S/C15H17NO5/c1-21-13-5-3-2-4-10(13)6-7-14(18)16-9-11(17)8-12(16)15(19)20/h2-7,11-12,17H,8-9H2,1H3,(H,19,20)/t11-,12+/m1/s1. The van der Waals surface area contributed by atoms with Gasteiger partial charge in [-0.05, 0) is 12.1 Å². The number of carbonyl (C=O) groups excluding carboxylic acids is 1. The zero-order valence-electron chi connectivity index (χ0n) is 11.6. The van der Waals surface area contributed by atoms with Gasteiger partial charge in [-0.3, -0.25) is 4.79 Å². The molecule has 6 heteroatoms. The molecule has 1 saturated heterocycles. The molecule has 1 fully saturated rings. The van der Waals surface area contributed by atoms with Crippen molar-refractivity contribution < 1.29 is 24.5 Å². The summed E-state index contributed by atoms with van der Waals surface area (Å²) in [7, 11) is 1.53. The van der Waals surface area contributed by atoms with Crippen molar-refractivity contribution in [2.45, 2.75) is 18.6 Å². The van der Waals surface area contributed by atoms with Gasteiger partial charge in [0.2, 0.25) is 5.91 Å². The molecule has 0 saturated carbocycles. The molecule has 0 unspecified atom stereocenters. The van der Waals surface area contributed by atoms with Gasteiger partial charge in [0.1, 0.15) is 11.8 Å². The van der Waals surface area contributed by atoms with Crippen LogP contribution in [0.1, 0.15) is 12.0 Å². The Morgan fingerprint density at radius 3 is 2.76 bits per heavy atom. The van der Waals surface area contributed by atoms with Crippen molar-refractivity contribution in [1.29, 1.82) is 0 Å². The van der Waals surface area contributed by atoms with Crippen LogP contribution in [0.2, 0.25) is 0 Å². The number of β-amino-alcohol motifs (C(OH)–C–C–N with tert-alkyl or cyclic N) is 1. The predicted octanol–water partition coefficient (Wildman–Crippen LogP) is 0.755. The van der Waals surface area contributed by atoms with Crippen LogP contribution in [-0.4, -0.2) is 52.8 Å². The molecule has 0 radical (unpaired) electrons. The predicted molar refractivity (Wildman–Crippen MR) is 75.8 cm³/mol. The van der Waals surface area contributed by atoms with Crippen LogP contribution in [0.25, 0.3) is 6.08 Å². The van der Waals surface area contributed by atoms with E-state index in [0.717, 1.165) is 5.56 Å². The lowest BCUT2D eigenvalue weighted by Crippen LogP contribution is -2.39. The minimum absolute atomic E-state index is 0.0338. The Balaban J connectivity index is 2.13. The monoisotopic (exact) mass is 291 g/mol. The average Bonchev–Trinajstić information content (AvgIpc) is 2.87. The van der Waals surface area contributed by atoms with Gasteiger partial charge in [0.25, 0.3) is 0 Å². The number of likely N-dealkylation sites (tertiary alicyclic amines) is 1. The summed E-state index contributed by atoms with van der Waals surface area (Å²) < 4.78 is 5.17. The van der Waals surface area contributed by atoms with E-state index in [0.29, 0.717) is 5.75 Å². The van der Waals surface area contributed by atoms with Gasteiger partial charge in [0.15, 0.2) is 0 Å². The van der Waals surface area contributed by atoms with Crippen molar-refractivity contribution in [3.63, 3.8) is 0 Å². The summed E-state index contributed by atoms with van der Waals surface area (Å²) >= 11 is 0. The highest BCUT2D eigenvalue weighted by Gasteiger charge is 2.37. The molecular formula is C15H17NO5. The maximum Gasteiger partial charge on any atom is 0.326 e. The van der Waals surface area contributed by atoms with E-state index >= 15 is 0 Å². The van der Waals surface area contributed by atoms with Gasteiger partial charge in [0.05, 0.1) is 13.2 Å². The summed E-state index contributed by atoms with van der Waals surface area (Å²) in [6.45, 7) is 0.0338. The summed E-state index contributed by atoms with van der Waals surface area (Å²) in [5, 5.41) is 18.6. The molecule has 1 aliphatic heterocycles. The van der Waals surface area contributed by atoms with Crippen LogP contribution in [-0.2, 0) is 9.59 Å². The van der Waals surface area contributed by atoms with Crippen molar-refractivity contribution >= 4 is 18.0 Å². The average molecular weight is 291 g/mol. The Labute approximate surface area is 122 Å². The number of carboxylic acids is 1. The van der Waals surface area contributed by atoms with E-state index in [-0.39, 0.29) is 13.0 Å². The van der Waals surface area contributed by atoms with Crippen LogP contribution < -0.4 is 4.74 Å². The van der Waals surface area contributed by atoms with Crippen molar-refractivity contribution in [3.05, 3.63) is 35.9 Å². The number of ether oxygens (including phenoxy) is 1. The topological polar surface area (TPSA) is 87.1 Å². The van der Waals surface area contributed by atoms with Gasteiger partial charge in [-0.15, -0.1) is 0 Å². The number of aliphatic carboxylic acids is 1. The number of hydrogen-bond acceptors (Lipinski definition) is 4. The minimum Gasteiger partial charge on any atom is -0.496 e. The lowest BCUT2D eigenvalue weighted by atomic mass is 10.2. The van der Waals surface area contributed by atoms with E-state index in [1.165, 1.54) is 18.1 Å². The van der Waals surface area contributed by atoms with E-state index in [9.17, 15) is 14.7 Å². The van der Waals surface area contributed by atoms with Gasteiger partial charge in [-0.1, -0.05) is 18.2 Å². The molecule has 2 atom stereocenters. The third-order valence-corrected chi connectivity index (χ3v) is 3.39. The summed E-state index contributed by atoms with van der Waals surface area (Å²) in [6.07, 6.45) is 2.13. The molecule has 0 spiro atoms. The van der Waals surface area contributed by atoms with Gasteiger partial charge >= 0.3 is 5.97 Å². The van der Waals surface area contributed by atoms with E-state index in [2.05, 4.69) is 0 Å². The Morgan fingerprint density at radius 1 is 1.38 bits per heavy atom. The highest BCUT2D eigenvalue weighted by molar-refractivity contribution is 5.95. The van der Waals surface area contributed by atoms with Gasteiger partial charge in [-0.25, -0.2) is 4.79 Å². The molecule has 2 rings (SSSR count). The van der Waals surface area contributed by atoms with Crippen LogP contribution in [0.4, 0.5) is 0 Å². The molecule has 6 nitrogen and oxygen atoms in total. The Bertz CT molecular complexity index is 569. The number of amides is 1. The maximum absolute atomic E-state index is 12.1. The largest absolute Gasteiger partial charge is 0.496 e. The number of aliphatic hydroxyl groups is 1. The smallest absolute Gasteiger partial charge is 0.326 e. The fraction of sp³-hybridized carbons (Fsp3) is 0.333. The quantitative estimate of drug-likeness (QED) is 0.800. The number of benzene rings is 1. The molecule has 112 valence electrons. The number of methoxy groups -OCH3 is 1. The molecule has 0 bridgehead atoms. The zero-order valence-corrected chi connectivity index (χ0v) is 11.6. The first-order valence-corrected chi connectivity index (χ1v) is 6.55. The van der Waals surface area contributed by atoms with Gasteiger partial charge in [-0.2, -0.15) is 0 Å². The second kappa shape index (κ2) is 6.41. The van der Waals surface area contributed by atoms with E-state index in [1.807, 2.05) is 12.1 Å². The molecule has 0 aliphatic carbocycles. The van der Waals surface area contributed by atoms with Gasteiger partial charge in [0, 0.05) is 24.6 Å². The molecular weight excluding hydrogens is 274 g/mol. The fourth-order valence-electron chi connectivity index (χ4n) is 2.35. The van der Waals surface area contributed by atoms with Crippen LogP contribution in [0.15, 0.2) is 30.3 Å². The van der Waals surface area contributed by atoms with Crippen molar-refractivity contribution in [2.24, 2.45) is 0 Å². The Kier molecular flexibility index (Phi) is 4.59. The minimum atomic E-state index is -1.11. The summed E-state index contributed by atoms with van der Waals surface area (Å²) in [6, 6.07) is 6.21. The maximum atomic E-state index is 12.1. The summed E-state index contributed by atoms with van der Waals surface area (Å²) in [4.78, 5) is 24.4. The van der Waals surface area contributed by atoms with Crippen LogP contribution in [0.3, 0.4) is 0 Å². The van der Waals surface area contributed by atoms with Crippen molar-refractivity contribution in [1.82, 2.24) is 4.90 Å². The van der Waals surface area contributed by atoms with E-state index in [1.54, 1.807) is 18.2 Å². The Hall–Kier alpha value is -2.34. The molecule has 21 heavy (non-hydrogen) atoms. The first-order valence-electron chi connectivity index (χ1n) is 6.55. The summed E-state index contributed by atoms with van der Waals surface area (Å²) in [5.74, 6) is -0.923. The molecule has 1 amide bonds. The van der Waals surface area contributed by atoms with E-state index in [4.69, 9.17) is 9.84 Å². The molecule has 1 aliphatic rings. The first-order chi connectivity index (χ1) is 10.0. The number of hydrogen-bond donors (Lipinski definition) is 2. The fourth-order valence-corrected chi connectivity index (χ4v) is 2.35. The van der Waals surface area contributed by atoms with E-state index < -0.39 is 24.0 Å². The lowest BCUT2D eigenvalue weighted by Gasteiger charge is -2.19. The highest BCUT2D eigenvalue weighted by Crippen LogP contribution is 2.21. The normalized spacial score (nSPS) is 21.7. The first kappa shape index (κ1) is 15.1. The van der Waals surface area contributed by atoms with Crippen molar-refractivity contribution in [2.75, 3.05) is 13.7 Å². The number of para-hydroxylation sites is 1. The number of carboxylic acid groups (broad SMARTS) is 1. The summed E-state index contributed by atoms with van der Waals surface area (Å²) in [5.41, 5.74) is 0.722. The molecule has 1 aromatic rings. The van der Waals surface area contributed by atoms with Crippen LogP contribution in [0, 0.1) is 0 Å². The number of aliphatic hydroxyl groups excluding tert-OH is 1. The third-order valence-electron chi connectivity index (χ3n) is 3.39. The molecule has 0 aromatic heterocycles. The number of carbonyl (C=O) groups is 2. The molecule has 1 aromatic carbocycles. The second-order valence-corrected chi connectivity index (χ2v) is 4.81. The van der Waals surface area contributed by atoms with Crippen molar-refractivity contribution in [3.8, 4) is 5.75 Å². The Morgan fingerprint density at radius 2 is 2.10 bits per heavy atom. The van der Waals surface area contributed by atoms with Crippen LogP contribution in [0.5, 0.6) is 5.75 Å². The lowest BCUT2D eigenvalue weighted by molar-refractivity contribution is -0.146. The second-order valence-electron chi connectivity index (χ2n) is 4.81. The number of rotatable bonds is 4.